The van der Waals surface area contributed by atoms with Crippen LogP contribution in [0, 0.1) is 6.92 Å². The van der Waals surface area contributed by atoms with Gasteiger partial charge >= 0.3 is 0 Å². The molecular formula is C15H18N4OS. The molecule has 0 bridgehead atoms. The summed E-state index contributed by atoms with van der Waals surface area (Å²) in [6.07, 6.45) is 2.73. The quantitative estimate of drug-likeness (QED) is 0.853. The Morgan fingerprint density at radius 3 is 2.90 bits per heavy atom. The van der Waals surface area contributed by atoms with Crippen molar-refractivity contribution in [3.05, 3.63) is 40.3 Å². The van der Waals surface area contributed by atoms with Gasteiger partial charge in [0.15, 0.2) is 0 Å². The number of thiophene rings is 1. The number of aromatic nitrogens is 2. The van der Waals surface area contributed by atoms with Crippen LogP contribution >= 0.6 is 11.3 Å². The van der Waals surface area contributed by atoms with E-state index in [-0.39, 0.29) is 5.91 Å². The third kappa shape index (κ3) is 3.21. The monoisotopic (exact) mass is 302 g/mol. The lowest BCUT2D eigenvalue weighted by Gasteiger charge is -2.21. The Morgan fingerprint density at radius 2 is 2.14 bits per heavy atom. The van der Waals surface area contributed by atoms with Crippen molar-refractivity contribution in [3.8, 4) is 0 Å². The number of aryl methyl sites for hydroxylation is 1. The summed E-state index contributed by atoms with van der Waals surface area (Å²) in [6.45, 7) is 5.14. The van der Waals surface area contributed by atoms with Gasteiger partial charge in [-0.15, -0.1) is 11.3 Å². The molecule has 3 rings (SSSR count). The van der Waals surface area contributed by atoms with Gasteiger partial charge in [-0.3, -0.25) is 4.79 Å². The molecule has 21 heavy (non-hydrogen) atoms. The molecule has 6 heteroatoms. The fourth-order valence-electron chi connectivity index (χ4n) is 2.46. The average molecular weight is 302 g/mol. The number of anilines is 1. The standard InChI is InChI=1S/C15H18N4OS/c1-12-5-6-16-15(17-12)19-8-3-7-18(9-10-19)14(20)13-4-2-11-21-13/h2,4-6,11H,3,7-10H2,1H3. The minimum Gasteiger partial charge on any atom is -0.339 e. The van der Waals surface area contributed by atoms with Gasteiger partial charge in [-0.25, -0.2) is 9.97 Å². The summed E-state index contributed by atoms with van der Waals surface area (Å²) in [5.74, 6) is 0.900. The van der Waals surface area contributed by atoms with Crippen LogP contribution in [0.4, 0.5) is 5.95 Å². The SMILES string of the molecule is Cc1ccnc(N2CCCN(C(=O)c3cccs3)CC2)n1. The van der Waals surface area contributed by atoms with Crippen molar-refractivity contribution in [1.29, 1.82) is 0 Å². The van der Waals surface area contributed by atoms with Crippen molar-refractivity contribution in [2.45, 2.75) is 13.3 Å². The van der Waals surface area contributed by atoms with E-state index in [0.29, 0.717) is 6.54 Å². The number of hydrogen-bond acceptors (Lipinski definition) is 5. The molecule has 110 valence electrons. The number of hydrogen-bond donors (Lipinski definition) is 0. The van der Waals surface area contributed by atoms with Gasteiger partial charge in [0.2, 0.25) is 5.95 Å². The van der Waals surface area contributed by atoms with Crippen molar-refractivity contribution in [1.82, 2.24) is 14.9 Å². The van der Waals surface area contributed by atoms with Crippen LogP contribution in [0.1, 0.15) is 21.8 Å². The highest BCUT2D eigenvalue weighted by molar-refractivity contribution is 7.12. The number of rotatable bonds is 2. The maximum Gasteiger partial charge on any atom is 0.263 e. The first-order valence-electron chi connectivity index (χ1n) is 7.11. The topological polar surface area (TPSA) is 49.3 Å². The molecule has 5 nitrogen and oxygen atoms in total. The third-order valence-corrected chi connectivity index (χ3v) is 4.44. The molecule has 0 radical (unpaired) electrons. The molecular weight excluding hydrogens is 284 g/mol. The summed E-state index contributed by atoms with van der Waals surface area (Å²) in [4.78, 5) is 26.1. The van der Waals surface area contributed by atoms with E-state index in [2.05, 4.69) is 14.9 Å². The van der Waals surface area contributed by atoms with E-state index in [1.165, 1.54) is 11.3 Å². The van der Waals surface area contributed by atoms with E-state index in [4.69, 9.17) is 0 Å². The molecule has 0 aliphatic carbocycles. The van der Waals surface area contributed by atoms with Crippen LogP contribution in [0.15, 0.2) is 29.8 Å². The highest BCUT2D eigenvalue weighted by Gasteiger charge is 2.21. The smallest absolute Gasteiger partial charge is 0.263 e. The summed E-state index contributed by atoms with van der Waals surface area (Å²) in [7, 11) is 0. The Labute approximate surface area is 128 Å². The molecule has 0 atom stereocenters. The van der Waals surface area contributed by atoms with E-state index in [1.807, 2.05) is 35.4 Å². The molecule has 2 aromatic rings. The Morgan fingerprint density at radius 1 is 1.24 bits per heavy atom. The second-order valence-electron chi connectivity index (χ2n) is 5.11. The van der Waals surface area contributed by atoms with Crippen LogP contribution in [0.25, 0.3) is 0 Å². The fourth-order valence-corrected chi connectivity index (χ4v) is 3.16. The molecule has 0 spiro atoms. The van der Waals surface area contributed by atoms with Gasteiger partial charge in [0.1, 0.15) is 0 Å². The summed E-state index contributed by atoms with van der Waals surface area (Å²) in [5, 5.41) is 1.94. The molecule has 2 aromatic heterocycles. The number of carbonyl (C=O) groups is 1. The average Bonchev–Trinajstić information content (AvgIpc) is 2.91. The van der Waals surface area contributed by atoms with E-state index < -0.39 is 0 Å². The summed E-state index contributed by atoms with van der Waals surface area (Å²) in [5.41, 5.74) is 0.968. The zero-order chi connectivity index (χ0) is 14.7. The Bertz CT molecular complexity index is 614. The molecule has 1 fully saturated rings. The predicted octanol–water partition coefficient (Wildman–Crippen LogP) is 2.20. The van der Waals surface area contributed by atoms with Gasteiger partial charge in [-0.05, 0) is 30.9 Å². The van der Waals surface area contributed by atoms with Crippen LogP contribution < -0.4 is 4.90 Å². The molecule has 1 aliphatic rings. The van der Waals surface area contributed by atoms with Gasteiger partial charge < -0.3 is 9.80 Å². The molecule has 3 heterocycles. The lowest BCUT2D eigenvalue weighted by Crippen LogP contribution is -2.35. The van der Waals surface area contributed by atoms with E-state index >= 15 is 0 Å². The lowest BCUT2D eigenvalue weighted by molar-refractivity contribution is 0.0772. The fraction of sp³-hybridized carbons (Fsp3) is 0.400. The lowest BCUT2D eigenvalue weighted by atomic mass is 10.3. The molecule has 1 aliphatic heterocycles. The van der Waals surface area contributed by atoms with Crippen LogP contribution in [-0.2, 0) is 0 Å². The highest BCUT2D eigenvalue weighted by Crippen LogP contribution is 2.16. The largest absolute Gasteiger partial charge is 0.339 e. The van der Waals surface area contributed by atoms with Crippen LogP contribution in [0.3, 0.4) is 0 Å². The molecule has 0 N–H and O–H groups in total. The zero-order valence-electron chi connectivity index (χ0n) is 12.0. The van der Waals surface area contributed by atoms with Crippen molar-refractivity contribution < 1.29 is 4.79 Å². The predicted molar refractivity (Wildman–Crippen MR) is 83.8 cm³/mol. The summed E-state index contributed by atoms with van der Waals surface area (Å²) < 4.78 is 0. The van der Waals surface area contributed by atoms with Crippen LogP contribution in [0.5, 0.6) is 0 Å². The number of amides is 1. The van der Waals surface area contributed by atoms with Gasteiger partial charge in [-0.1, -0.05) is 6.07 Å². The molecule has 1 amide bonds. The van der Waals surface area contributed by atoms with E-state index in [1.54, 1.807) is 6.20 Å². The highest BCUT2D eigenvalue weighted by atomic mass is 32.1. The van der Waals surface area contributed by atoms with Crippen LogP contribution in [0.2, 0.25) is 0 Å². The van der Waals surface area contributed by atoms with Crippen molar-refractivity contribution >= 4 is 23.2 Å². The summed E-state index contributed by atoms with van der Waals surface area (Å²) in [6, 6.07) is 5.70. The van der Waals surface area contributed by atoms with E-state index in [0.717, 1.165) is 42.6 Å². The van der Waals surface area contributed by atoms with Crippen molar-refractivity contribution in [2.75, 3.05) is 31.1 Å². The summed E-state index contributed by atoms with van der Waals surface area (Å²) >= 11 is 1.50. The normalized spacial score (nSPS) is 15.9. The molecule has 0 unspecified atom stereocenters. The Kier molecular flexibility index (Phi) is 4.15. The minimum absolute atomic E-state index is 0.136. The Balaban J connectivity index is 1.68. The Hall–Kier alpha value is -1.95. The first-order chi connectivity index (χ1) is 10.2. The maximum atomic E-state index is 12.4. The third-order valence-electron chi connectivity index (χ3n) is 3.58. The number of nitrogens with zero attached hydrogens (tertiary/aromatic N) is 4. The first-order valence-corrected chi connectivity index (χ1v) is 7.99. The second-order valence-corrected chi connectivity index (χ2v) is 6.06. The van der Waals surface area contributed by atoms with Crippen molar-refractivity contribution in [3.63, 3.8) is 0 Å². The molecule has 0 aromatic carbocycles. The van der Waals surface area contributed by atoms with Gasteiger partial charge in [-0.2, -0.15) is 0 Å². The van der Waals surface area contributed by atoms with Gasteiger partial charge in [0.25, 0.3) is 5.91 Å². The van der Waals surface area contributed by atoms with Gasteiger partial charge in [0.05, 0.1) is 4.88 Å². The van der Waals surface area contributed by atoms with Crippen molar-refractivity contribution in [2.24, 2.45) is 0 Å². The van der Waals surface area contributed by atoms with Gasteiger partial charge in [0, 0.05) is 38.1 Å². The zero-order valence-corrected chi connectivity index (χ0v) is 12.8. The maximum absolute atomic E-state index is 12.4. The number of carbonyl (C=O) groups excluding carboxylic acids is 1. The molecule has 1 saturated heterocycles. The second kappa shape index (κ2) is 6.22. The molecule has 0 saturated carbocycles. The van der Waals surface area contributed by atoms with Crippen LogP contribution in [-0.4, -0.2) is 47.0 Å². The van der Waals surface area contributed by atoms with E-state index in [9.17, 15) is 4.79 Å². The first kappa shape index (κ1) is 14.0. The minimum atomic E-state index is 0.136.